The van der Waals surface area contributed by atoms with Gasteiger partial charge in [0.15, 0.2) is 10.8 Å². The molecule has 138 valence electrons. The predicted octanol–water partition coefficient (Wildman–Crippen LogP) is 4.27. The number of halogens is 1. The van der Waals surface area contributed by atoms with Gasteiger partial charge in [0.1, 0.15) is 0 Å². The van der Waals surface area contributed by atoms with Crippen LogP contribution in [0.4, 0.5) is 0 Å². The Kier molecular flexibility index (Phi) is 4.64. The molecule has 0 spiro atoms. The maximum Gasteiger partial charge on any atom is 0.243 e. The second kappa shape index (κ2) is 6.54. The first-order chi connectivity index (χ1) is 12.9. The van der Waals surface area contributed by atoms with Gasteiger partial charge in [-0.25, -0.2) is 0 Å². The summed E-state index contributed by atoms with van der Waals surface area (Å²) in [5.41, 5.74) is -2.99. The number of unbranched alkanes of at least 4 members (excludes halogenated alkanes) is 1. The summed E-state index contributed by atoms with van der Waals surface area (Å²) < 4.78 is 12.2. The zero-order chi connectivity index (χ0) is 19.9. The summed E-state index contributed by atoms with van der Waals surface area (Å²) >= 11 is 6.15. The van der Waals surface area contributed by atoms with Gasteiger partial charge < -0.3 is 9.47 Å². The SMILES string of the molecule is CCCCC1OC2(c3cccc(Cl)c3)OC(=N)C(C#N)(C2C)C1(C#N)C#N. The average molecular weight is 383 g/mol. The predicted molar refractivity (Wildman–Crippen MR) is 97.2 cm³/mol. The van der Waals surface area contributed by atoms with E-state index < -0.39 is 34.5 Å². The van der Waals surface area contributed by atoms with Crippen LogP contribution in [0.25, 0.3) is 0 Å². The average Bonchev–Trinajstić information content (AvgIpc) is 2.83. The number of nitriles is 3. The quantitative estimate of drug-likeness (QED) is 0.835. The summed E-state index contributed by atoms with van der Waals surface area (Å²) in [5.74, 6) is -2.59. The second-order valence-corrected chi connectivity index (χ2v) is 7.47. The second-order valence-electron chi connectivity index (χ2n) is 7.03. The largest absolute Gasteiger partial charge is 0.443 e. The van der Waals surface area contributed by atoms with Crippen LogP contribution < -0.4 is 0 Å². The van der Waals surface area contributed by atoms with Gasteiger partial charge in [-0.3, -0.25) is 5.41 Å². The first-order valence-electron chi connectivity index (χ1n) is 8.84. The van der Waals surface area contributed by atoms with Gasteiger partial charge >= 0.3 is 0 Å². The fraction of sp³-hybridized carbons (Fsp3) is 0.500. The number of ether oxygens (including phenoxy) is 2. The third kappa shape index (κ3) is 2.23. The molecule has 0 radical (unpaired) electrons. The Morgan fingerprint density at radius 3 is 2.48 bits per heavy atom. The van der Waals surface area contributed by atoms with Crippen LogP contribution in [0.1, 0.15) is 38.7 Å². The molecule has 27 heavy (non-hydrogen) atoms. The number of benzene rings is 1. The molecule has 2 bridgehead atoms. The van der Waals surface area contributed by atoms with Crippen molar-refractivity contribution in [2.24, 2.45) is 16.7 Å². The number of hydrogen-bond donors (Lipinski definition) is 1. The molecule has 1 aromatic carbocycles. The van der Waals surface area contributed by atoms with E-state index in [1.165, 1.54) is 0 Å². The van der Waals surface area contributed by atoms with Gasteiger partial charge in [-0.15, -0.1) is 0 Å². The van der Waals surface area contributed by atoms with Crippen molar-refractivity contribution in [1.29, 1.82) is 21.2 Å². The molecule has 4 unspecified atom stereocenters. The molecule has 2 aliphatic heterocycles. The molecular formula is C20H19ClN4O2. The van der Waals surface area contributed by atoms with Crippen LogP contribution in [0.15, 0.2) is 24.3 Å². The van der Waals surface area contributed by atoms with Gasteiger partial charge in [0, 0.05) is 10.6 Å². The van der Waals surface area contributed by atoms with E-state index in [-0.39, 0.29) is 0 Å². The molecule has 7 heteroatoms. The molecule has 2 saturated heterocycles. The summed E-state index contributed by atoms with van der Waals surface area (Å²) in [6, 6.07) is 13.0. The van der Waals surface area contributed by atoms with E-state index in [4.69, 9.17) is 26.5 Å². The minimum Gasteiger partial charge on any atom is -0.443 e. The van der Waals surface area contributed by atoms with E-state index in [1.54, 1.807) is 31.2 Å². The van der Waals surface area contributed by atoms with Crippen molar-refractivity contribution in [2.75, 3.05) is 0 Å². The van der Waals surface area contributed by atoms with E-state index in [2.05, 4.69) is 6.07 Å². The Morgan fingerprint density at radius 1 is 1.22 bits per heavy atom. The fourth-order valence-electron chi connectivity index (χ4n) is 4.33. The van der Waals surface area contributed by atoms with Crippen LogP contribution in [-0.4, -0.2) is 12.0 Å². The van der Waals surface area contributed by atoms with Crippen LogP contribution in [0.5, 0.6) is 0 Å². The van der Waals surface area contributed by atoms with E-state index in [1.807, 2.05) is 19.1 Å². The highest BCUT2D eigenvalue weighted by molar-refractivity contribution is 6.30. The fourth-order valence-corrected chi connectivity index (χ4v) is 4.52. The standard InChI is InChI=1S/C20H19ClN4O2/c1-3-4-8-16-18(10-22,11-23)19(12-24)13(2)20(26-16,27-17(19)25)14-6-5-7-15(21)9-14/h5-7,9,13,16,25H,3-4,8H2,1-2H3. The summed E-state index contributed by atoms with van der Waals surface area (Å²) in [5, 5.41) is 39.0. The molecule has 2 fully saturated rings. The van der Waals surface area contributed by atoms with Crippen molar-refractivity contribution in [3.05, 3.63) is 34.9 Å². The lowest BCUT2D eigenvalue weighted by Crippen LogP contribution is -2.60. The molecular weight excluding hydrogens is 364 g/mol. The third-order valence-electron chi connectivity index (χ3n) is 5.83. The topological polar surface area (TPSA) is 114 Å². The van der Waals surface area contributed by atoms with Crippen molar-refractivity contribution in [2.45, 2.75) is 45.0 Å². The minimum atomic E-state index is -1.83. The summed E-state index contributed by atoms with van der Waals surface area (Å²) in [6.07, 6.45) is 1.09. The number of hydrogen-bond acceptors (Lipinski definition) is 6. The molecule has 1 N–H and O–H groups in total. The molecule has 4 atom stereocenters. The zero-order valence-electron chi connectivity index (χ0n) is 15.1. The summed E-state index contributed by atoms with van der Waals surface area (Å²) in [7, 11) is 0. The Bertz CT molecular complexity index is 898. The van der Waals surface area contributed by atoms with Gasteiger partial charge in [-0.2, -0.15) is 15.8 Å². The van der Waals surface area contributed by atoms with Crippen LogP contribution in [0.2, 0.25) is 5.02 Å². The van der Waals surface area contributed by atoms with E-state index in [0.29, 0.717) is 23.4 Å². The summed E-state index contributed by atoms with van der Waals surface area (Å²) in [4.78, 5) is 0. The van der Waals surface area contributed by atoms with E-state index >= 15 is 0 Å². The molecule has 2 heterocycles. The highest BCUT2D eigenvalue weighted by Gasteiger charge is 2.79. The Balaban J connectivity index is 2.28. The Hall–Kier alpha value is -2.59. The van der Waals surface area contributed by atoms with Crippen molar-refractivity contribution in [1.82, 2.24) is 0 Å². The molecule has 0 saturated carbocycles. The van der Waals surface area contributed by atoms with Crippen LogP contribution >= 0.6 is 11.6 Å². The van der Waals surface area contributed by atoms with E-state index in [9.17, 15) is 15.8 Å². The van der Waals surface area contributed by atoms with Crippen LogP contribution in [0.3, 0.4) is 0 Å². The lowest BCUT2D eigenvalue weighted by Gasteiger charge is -2.48. The van der Waals surface area contributed by atoms with E-state index in [0.717, 1.165) is 6.42 Å². The number of nitrogens with one attached hydrogen (secondary N) is 1. The monoisotopic (exact) mass is 382 g/mol. The molecule has 0 amide bonds. The molecule has 3 rings (SSSR count). The molecule has 6 nitrogen and oxygen atoms in total. The first kappa shape index (κ1) is 19.2. The third-order valence-corrected chi connectivity index (χ3v) is 6.06. The maximum absolute atomic E-state index is 10.1. The van der Waals surface area contributed by atoms with Gasteiger partial charge in [-0.1, -0.05) is 50.4 Å². The summed E-state index contributed by atoms with van der Waals surface area (Å²) in [6.45, 7) is 3.68. The van der Waals surface area contributed by atoms with Crippen LogP contribution in [-0.2, 0) is 15.3 Å². The van der Waals surface area contributed by atoms with Gasteiger partial charge in [0.2, 0.25) is 11.7 Å². The van der Waals surface area contributed by atoms with Crippen molar-refractivity contribution < 1.29 is 9.47 Å². The van der Waals surface area contributed by atoms with Gasteiger partial charge in [0.25, 0.3) is 0 Å². The van der Waals surface area contributed by atoms with Crippen LogP contribution in [0, 0.1) is 56.2 Å². The molecule has 0 aliphatic carbocycles. The van der Waals surface area contributed by atoms with Crippen molar-refractivity contribution in [3.8, 4) is 18.2 Å². The zero-order valence-corrected chi connectivity index (χ0v) is 15.9. The first-order valence-corrected chi connectivity index (χ1v) is 9.22. The maximum atomic E-state index is 10.1. The lowest BCUT2D eigenvalue weighted by molar-refractivity contribution is -0.286. The molecule has 2 aliphatic rings. The Labute approximate surface area is 163 Å². The van der Waals surface area contributed by atoms with Crippen molar-refractivity contribution >= 4 is 17.5 Å². The molecule has 1 aromatic rings. The van der Waals surface area contributed by atoms with Gasteiger partial charge in [0.05, 0.1) is 30.2 Å². The van der Waals surface area contributed by atoms with Gasteiger partial charge in [-0.05, 0) is 18.6 Å². The highest BCUT2D eigenvalue weighted by Crippen LogP contribution is 2.66. The smallest absolute Gasteiger partial charge is 0.243 e. The number of nitrogens with zero attached hydrogens (tertiary/aromatic N) is 3. The normalized spacial score (nSPS) is 33.4. The minimum absolute atomic E-state index is 0.403. The lowest BCUT2D eigenvalue weighted by atomic mass is 9.53. The van der Waals surface area contributed by atoms with Crippen molar-refractivity contribution in [3.63, 3.8) is 0 Å². The number of rotatable bonds is 4. The molecule has 0 aromatic heterocycles. The number of fused-ring (bicyclic) bond motifs is 2. The Morgan fingerprint density at radius 2 is 1.93 bits per heavy atom. The highest BCUT2D eigenvalue weighted by atomic mass is 35.5.